The predicted molar refractivity (Wildman–Crippen MR) is 205 cm³/mol. The van der Waals surface area contributed by atoms with Crippen molar-refractivity contribution >= 4 is 5.91 Å². The highest BCUT2D eigenvalue weighted by molar-refractivity contribution is 5.80. The lowest BCUT2D eigenvalue weighted by Gasteiger charge is -2.27. The summed E-state index contributed by atoms with van der Waals surface area (Å²) in [5.74, 6) is -0.588. The fraction of sp³-hybridized carbons (Fsp3) is 0.881. The Kier molecular flexibility index (Phi) is 36.1. The number of allylic oxidation sites excluding steroid dienone is 4. The number of carbonyl (C=O) groups excluding carboxylic acids is 1. The van der Waals surface area contributed by atoms with Crippen molar-refractivity contribution in [1.82, 2.24) is 5.32 Å². The van der Waals surface area contributed by atoms with Crippen LogP contribution in [0.25, 0.3) is 0 Å². The normalized spacial score (nSPS) is 14.5. The first-order valence-corrected chi connectivity index (χ1v) is 20.7. The van der Waals surface area contributed by atoms with E-state index in [1.165, 1.54) is 135 Å². The lowest BCUT2D eigenvalue weighted by molar-refractivity contribution is -0.132. The molecule has 6 heteroatoms. The first-order chi connectivity index (χ1) is 23.5. The average molecular weight is 680 g/mol. The Labute approximate surface area is 297 Å². The summed E-state index contributed by atoms with van der Waals surface area (Å²) in [6.07, 6.45) is 40.5. The number of aliphatic hydroxyl groups excluding tert-OH is 4. The minimum absolute atomic E-state index is 0.364. The molecule has 0 aromatic rings. The summed E-state index contributed by atoms with van der Waals surface area (Å²) in [6, 6.07) is -0.984. The zero-order valence-corrected chi connectivity index (χ0v) is 31.7. The van der Waals surface area contributed by atoms with Crippen LogP contribution >= 0.6 is 0 Å². The second kappa shape index (κ2) is 37.1. The van der Waals surface area contributed by atoms with Crippen molar-refractivity contribution in [1.29, 1.82) is 0 Å². The lowest BCUT2D eigenvalue weighted by atomic mass is 9.99. The molecule has 0 saturated heterocycles. The van der Waals surface area contributed by atoms with Crippen LogP contribution in [-0.4, -0.2) is 57.3 Å². The molecule has 0 saturated carbocycles. The van der Waals surface area contributed by atoms with Crippen LogP contribution in [0.15, 0.2) is 24.3 Å². The smallest absolute Gasteiger partial charge is 0.249 e. The summed E-state index contributed by atoms with van der Waals surface area (Å²) >= 11 is 0. The van der Waals surface area contributed by atoms with Gasteiger partial charge in [0, 0.05) is 0 Å². The van der Waals surface area contributed by atoms with Crippen LogP contribution in [0.5, 0.6) is 0 Å². The molecule has 0 radical (unpaired) electrons. The van der Waals surface area contributed by atoms with E-state index in [1.54, 1.807) is 0 Å². The van der Waals surface area contributed by atoms with E-state index in [4.69, 9.17) is 0 Å². The maximum Gasteiger partial charge on any atom is 0.249 e. The molecule has 0 bridgehead atoms. The molecular formula is C42H81NO5. The van der Waals surface area contributed by atoms with Gasteiger partial charge in [-0.2, -0.15) is 0 Å². The molecule has 0 aromatic heterocycles. The Balaban J connectivity index is 3.77. The number of hydrogen-bond donors (Lipinski definition) is 5. The molecule has 0 aliphatic carbocycles. The highest BCUT2D eigenvalue weighted by Crippen LogP contribution is 2.16. The molecule has 0 aliphatic heterocycles. The first kappa shape index (κ1) is 46.8. The van der Waals surface area contributed by atoms with Crippen LogP contribution in [0.3, 0.4) is 0 Å². The standard InChI is InChI=1S/C42H81NO5/c1-3-5-7-9-11-13-15-17-19-20-21-22-24-26-28-30-32-34-36-40(46)42(48)43-38(37-44)41(47)39(45)35-33-31-29-27-25-23-18-16-14-12-10-8-6-4-2/h11,13,15,17,38-41,44-47H,3-10,12,14,16,18-37H2,1-2H3,(H,43,48)/b13-11-,17-15-. The molecule has 48 heavy (non-hydrogen) atoms. The second-order valence-corrected chi connectivity index (χ2v) is 14.4. The fourth-order valence-corrected chi connectivity index (χ4v) is 6.34. The lowest BCUT2D eigenvalue weighted by Crippen LogP contribution is -2.53. The Morgan fingerprint density at radius 2 is 0.875 bits per heavy atom. The van der Waals surface area contributed by atoms with Gasteiger partial charge in [-0.1, -0.05) is 192 Å². The Hall–Kier alpha value is -1.21. The van der Waals surface area contributed by atoms with E-state index in [2.05, 4.69) is 43.5 Å². The Bertz CT molecular complexity index is 727. The minimum Gasteiger partial charge on any atom is -0.394 e. The van der Waals surface area contributed by atoms with E-state index in [9.17, 15) is 25.2 Å². The third-order valence-electron chi connectivity index (χ3n) is 9.69. The fourth-order valence-electron chi connectivity index (χ4n) is 6.34. The number of unbranched alkanes of at least 4 members (excludes halogenated alkanes) is 25. The number of hydrogen-bond acceptors (Lipinski definition) is 5. The molecule has 0 aliphatic rings. The summed E-state index contributed by atoms with van der Waals surface area (Å²) in [5.41, 5.74) is 0. The number of nitrogens with one attached hydrogen (secondary N) is 1. The van der Waals surface area contributed by atoms with Gasteiger partial charge in [0.15, 0.2) is 0 Å². The van der Waals surface area contributed by atoms with Crippen molar-refractivity contribution in [2.75, 3.05) is 6.61 Å². The molecule has 0 aromatic carbocycles. The third-order valence-corrected chi connectivity index (χ3v) is 9.69. The molecule has 0 rings (SSSR count). The molecule has 4 unspecified atom stereocenters. The van der Waals surface area contributed by atoms with Gasteiger partial charge in [0.1, 0.15) is 12.2 Å². The monoisotopic (exact) mass is 680 g/mol. The van der Waals surface area contributed by atoms with Crippen LogP contribution < -0.4 is 5.32 Å². The number of aliphatic hydroxyl groups is 4. The summed E-state index contributed by atoms with van der Waals surface area (Å²) in [7, 11) is 0. The van der Waals surface area contributed by atoms with Crippen molar-refractivity contribution in [3.63, 3.8) is 0 Å². The molecule has 4 atom stereocenters. The van der Waals surface area contributed by atoms with Crippen LogP contribution in [0.1, 0.15) is 206 Å². The van der Waals surface area contributed by atoms with Crippen molar-refractivity contribution in [3.8, 4) is 0 Å². The van der Waals surface area contributed by atoms with Crippen LogP contribution in [-0.2, 0) is 4.79 Å². The summed E-state index contributed by atoms with van der Waals surface area (Å²) in [6.45, 7) is 4.01. The van der Waals surface area contributed by atoms with Gasteiger partial charge < -0.3 is 25.7 Å². The van der Waals surface area contributed by atoms with E-state index in [-0.39, 0.29) is 0 Å². The zero-order valence-electron chi connectivity index (χ0n) is 31.7. The summed E-state index contributed by atoms with van der Waals surface area (Å²) in [5, 5.41) is 43.6. The maximum absolute atomic E-state index is 12.5. The highest BCUT2D eigenvalue weighted by atomic mass is 16.3. The zero-order chi connectivity index (χ0) is 35.3. The number of amides is 1. The Morgan fingerprint density at radius 3 is 1.31 bits per heavy atom. The van der Waals surface area contributed by atoms with Gasteiger partial charge in [-0.25, -0.2) is 0 Å². The van der Waals surface area contributed by atoms with E-state index in [1.807, 2.05) is 0 Å². The quantitative estimate of drug-likeness (QED) is 0.0332. The minimum atomic E-state index is -1.26. The van der Waals surface area contributed by atoms with Crippen molar-refractivity contribution in [2.24, 2.45) is 0 Å². The second-order valence-electron chi connectivity index (χ2n) is 14.4. The van der Waals surface area contributed by atoms with Crippen molar-refractivity contribution in [2.45, 2.75) is 231 Å². The van der Waals surface area contributed by atoms with E-state index in [0.29, 0.717) is 12.8 Å². The molecule has 0 spiro atoms. The molecule has 0 heterocycles. The topological polar surface area (TPSA) is 110 Å². The third kappa shape index (κ3) is 30.8. The molecule has 5 N–H and O–H groups in total. The van der Waals surface area contributed by atoms with Gasteiger partial charge >= 0.3 is 0 Å². The van der Waals surface area contributed by atoms with Gasteiger partial charge in [-0.05, 0) is 38.5 Å². The molecule has 1 amide bonds. The van der Waals surface area contributed by atoms with Gasteiger partial charge in [0.25, 0.3) is 0 Å². The van der Waals surface area contributed by atoms with Gasteiger partial charge in [0.05, 0.1) is 18.8 Å². The van der Waals surface area contributed by atoms with E-state index < -0.39 is 36.9 Å². The molecule has 284 valence electrons. The van der Waals surface area contributed by atoms with Gasteiger partial charge in [-0.3, -0.25) is 4.79 Å². The molecule has 6 nitrogen and oxygen atoms in total. The number of carbonyl (C=O) groups is 1. The molecular weight excluding hydrogens is 598 g/mol. The highest BCUT2D eigenvalue weighted by Gasteiger charge is 2.28. The maximum atomic E-state index is 12.5. The molecule has 0 fully saturated rings. The first-order valence-electron chi connectivity index (χ1n) is 20.7. The number of rotatable bonds is 37. The van der Waals surface area contributed by atoms with E-state index in [0.717, 1.165) is 44.9 Å². The predicted octanol–water partition coefficient (Wildman–Crippen LogP) is 10.4. The van der Waals surface area contributed by atoms with Crippen LogP contribution in [0.2, 0.25) is 0 Å². The van der Waals surface area contributed by atoms with Crippen molar-refractivity contribution in [3.05, 3.63) is 24.3 Å². The summed E-state index contributed by atoms with van der Waals surface area (Å²) < 4.78 is 0. The van der Waals surface area contributed by atoms with E-state index >= 15 is 0 Å². The van der Waals surface area contributed by atoms with Crippen LogP contribution in [0.4, 0.5) is 0 Å². The SMILES string of the molecule is CCCCC/C=C\C=C/CCCCCCCCCCCC(O)C(=O)NC(CO)C(O)C(O)CCCCCCCCCCCCCCCC. The van der Waals surface area contributed by atoms with Gasteiger partial charge in [-0.15, -0.1) is 0 Å². The Morgan fingerprint density at radius 1 is 0.521 bits per heavy atom. The van der Waals surface area contributed by atoms with Gasteiger partial charge in [0.2, 0.25) is 5.91 Å². The largest absolute Gasteiger partial charge is 0.394 e. The van der Waals surface area contributed by atoms with Crippen LogP contribution in [0, 0.1) is 0 Å². The average Bonchev–Trinajstić information content (AvgIpc) is 3.09. The van der Waals surface area contributed by atoms with Crippen molar-refractivity contribution < 1.29 is 25.2 Å². The summed E-state index contributed by atoms with van der Waals surface area (Å²) in [4.78, 5) is 12.5.